The van der Waals surface area contributed by atoms with Crippen LogP contribution in [0.3, 0.4) is 0 Å². The molecule has 0 amide bonds. The summed E-state index contributed by atoms with van der Waals surface area (Å²) in [6, 6.07) is 15.3. The van der Waals surface area contributed by atoms with Crippen molar-refractivity contribution in [3.63, 3.8) is 0 Å². The van der Waals surface area contributed by atoms with Crippen LogP contribution in [0.2, 0.25) is 0 Å². The van der Waals surface area contributed by atoms with Gasteiger partial charge in [-0.05, 0) is 33.6 Å². The van der Waals surface area contributed by atoms with Crippen LogP contribution in [-0.2, 0) is 16.1 Å². The maximum atomic E-state index is 12.2. The average molecular weight is 415 g/mol. The highest BCUT2D eigenvalue weighted by atomic mass is 79.9. The van der Waals surface area contributed by atoms with Crippen molar-refractivity contribution in [3.05, 3.63) is 76.0 Å². The van der Waals surface area contributed by atoms with Gasteiger partial charge in [0.2, 0.25) is 0 Å². The lowest BCUT2D eigenvalue weighted by Crippen LogP contribution is -2.31. The van der Waals surface area contributed by atoms with Crippen molar-refractivity contribution in [1.82, 2.24) is 4.90 Å². The van der Waals surface area contributed by atoms with Crippen molar-refractivity contribution in [1.29, 1.82) is 0 Å². The van der Waals surface area contributed by atoms with E-state index in [1.807, 2.05) is 47.5 Å². The average Bonchev–Trinajstić information content (AvgIpc) is 2.63. The molecule has 26 heavy (non-hydrogen) atoms. The summed E-state index contributed by atoms with van der Waals surface area (Å²) in [5, 5.41) is 3.26. The Balaban J connectivity index is 1.80. The van der Waals surface area contributed by atoms with E-state index < -0.39 is 5.97 Å². The van der Waals surface area contributed by atoms with E-state index in [1.54, 1.807) is 12.1 Å². The van der Waals surface area contributed by atoms with Gasteiger partial charge in [-0.15, -0.1) is 0 Å². The van der Waals surface area contributed by atoms with Crippen LogP contribution >= 0.6 is 15.9 Å². The number of rotatable bonds is 5. The zero-order chi connectivity index (χ0) is 18.5. The lowest BCUT2D eigenvalue weighted by molar-refractivity contribution is -0.119. The first-order valence-corrected chi connectivity index (χ1v) is 9.00. The molecule has 0 atom stereocenters. The number of anilines is 1. The van der Waals surface area contributed by atoms with E-state index in [2.05, 4.69) is 21.2 Å². The second kappa shape index (κ2) is 8.19. The third-order valence-corrected chi connectivity index (χ3v) is 4.89. The van der Waals surface area contributed by atoms with Crippen molar-refractivity contribution in [2.45, 2.75) is 13.0 Å². The Labute approximate surface area is 160 Å². The Morgan fingerprint density at radius 2 is 1.96 bits per heavy atom. The normalized spacial score (nSPS) is 14.0. The van der Waals surface area contributed by atoms with E-state index in [1.165, 1.54) is 7.11 Å². The molecule has 0 saturated heterocycles. The van der Waals surface area contributed by atoms with Gasteiger partial charge in [0.05, 0.1) is 29.4 Å². The molecule has 0 aromatic heterocycles. The molecule has 0 saturated carbocycles. The highest BCUT2D eigenvalue weighted by Gasteiger charge is 2.19. The molecule has 1 N–H and O–H groups in total. The number of nitrogens with one attached hydrogen (secondary N) is 1. The first kappa shape index (κ1) is 18.2. The van der Waals surface area contributed by atoms with E-state index >= 15 is 0 Å². The summed E-state index contributed by atoms with van der Waals surface area (Å²) in [5.74, 6) is -0.272. The lowest BCUT2D eigenvalue weighted by atomic mass is 10.1. The first-order valence-electron chi connectivity index (χ1n) is 8.21. The monoisotopic (exact) mass is 414 g/mol. The van der Waals surface area contributed by atoms with Gasteiger partial charge in [-0.3, -0.25) is 4.79 Å². The number of nitrogens with zero attached hydrogens (tertiary/aromatic N) is 1. The highest BCUT2D eigenvalue weighted by molar-refractivity contribution is 9.10. The predicted octanol–water partition coefficient (Wildman–Crippen LogP) is 3.96. The van der Waals surface area contributed by atoms with E-state index in [-0.39, 0.29) is 5.78 Å². The quantitative estimate of drug-likeness (QED) is 0.750. The van der Waals surface area contributed by atoms with Gasteiger partial charge in [0, 0.05) is 24.9 Å². The van der Waals surface area contributed by atoms with Gasteiger partial charge in [0.25, 0.3) is 0 Å². The number of carbonyl (C=O) groups is 2. The van der Waals surface area contributed by atoms with Crippen LogP contribution in [0.1, 0.15) is 22.3 Å². The molecule has 0 aliphatic carbocycles. The molecule has 2 aromatic carbocycles. The Morgan fingerprint density at radius 3 is 2.69 bits per heavy atom. The summed E-state index contributed by atoms with van der Waals surface area (Å²) < 4.78 is 5.40. The Morgan fingerprint density at radius 1 is 1.19 bits per heavy atom. The minimum absolute atomic E-state index is 0.145. The number of hydrogen-bond donors (Lipinski definition) is 1. The predicted molar refractivity (Wildman–Crippen MR) is 104 cm³/mol. The molecule has 6 heteroatoms. The SMILES string of the molecule is COC(=O)c1cccc(NC2=CN(Cc3ccccc3)CC(=O)C2)c1Br. The number of methoxy groups -OCH3 is 1. The molecule has 1 aliphatic heterocycles. The summed E-state index contributed by atoms with van der Waals surface area (Å²) in [5.41, 5.74) is 3.08. The number of ether oxygens (including phenoxy) is 1. The van der Waals surface area contributed by atoms with Crippen molar-refractivity contribution >= 4 is 33.4 Å². The van der Waals surface area contributed by atoms with E-state index in [0.29, 0.717) is 35.2 Å². The molecule has 0 bridgehead atoms. The van der Waals surface area contributed by atoms with Gasteiger partial charge in [-0.2, -0.15) is 0 Å². The standard InChI is InChI=1S/C20H19BrN2O3/c1-26-20(25)17-8-5-9-18(19(17)21)22-15-10-16(24)13-23(12-15)11-14-6-3-2-4-7-14/h2-9,12,22H,10-11,13H2,1H3. The van der Waals surface area contributed by atoms with Crippen LogP contribution in [0.5, 0.6) is 0 Å². The number of allylic oxidation sites excluding steroid dienone is 1. The van der Waals surface area contributed by atoms with E-state index in [0.717, 1.165) is 11.3 Å². The molecular weight excluding hydrogens is 396 g/mol. The van der Waals surface area contributed by atoms with Crippen LogP contribution in [0.4, 0.5) is 5.69 Å². The van der Waals surface area contributed by atoms with E-state index in [9.17, 15) is 9.59 Å². The zero-order valence-corrected chi connectivity index (χ0v) is 16.0. The third-order valence-electron chi connectivity index (χ3n) is 4.03. The molecule has 2 aromatic rings. The number of halogens is 1. The Bertz CT molecular complexity index is 849. The minimum Gasteiger partial charge on any atom is -0.465 e. The van der Waals surface area contributed by atoms with Crippen LogP contribution < -0.4 is 5.32 Å². The number of hydrogen-bond acceptors (Lipinski definition) is 5. The van der Waals surface area contributed by atoms with Crippen molar-refractivity contribution in [2.75, 3.05) is 19.0 Å². The molecular formula is C20H19BrN2O3. The minimum atomic E-state index is -0.417. The fraction of sp³-hybridized carbons (Fsp3) is 0.200. The van der Waals surface area contributed by atoms with Crippen LogP contribution in [0.15, 0.2) is 64.9 Å². The van der Waals surface area contributed by atoms with Gasteiger partial charge in [-0.25, -0.2) is 4.79 Å². The second-order valence-corrected chi connectivity index (χ2v) is 6.84. The Hall–Kier alpha value is -2.60. The van der Waals surface area contributed by atoms with Crippen LogP contribution in [-0.4, -0.2) is 30.3 Å². The molecule has 0 unspecified atom stereocenters. The number of ketones is 1. The van der Waals surface area contributed by atoms with Gasteiger partial charge in [-0.1, -0.05) is 36.4 Å². The number of carbonyl (C=O) groups excluding carboxylic acids is 2. The summed E-state index contributed by atoms with van der Waals surface area (Å²) >= 11 is 3.44. The van der Waals surface area contributed by atoms with Gasteiger partial charge >= 0.3 is 5.97 Å². The van der Waals surface area contributed by atoms with Crippen molar-refractivity contribution < 1.29 is 14.3 Å². The van der Waals surface area contributed by atoms with E-state index in [4.69, 9.17) is 4.74 Å². The van der Waals surface area contributed by atoms with Crippen molar-refractivity contribution in [3.8, 4) is 0 Å². The lowest BCUT2D eigenvalue weighted by Gasteiger charge is -2.27. The third kappa shape index (κ3) is 4.32. The van der Waals surface area contributed by atoms with Crippen molar-refractivity contribution in [2.24, 2.45) is 0 Å². The van der Waals surface area contributed by atoms with Gasteiger partial charge in [0.15, 0.2) is 5.78 Å². The smallest absolute Gasteiger partial charge is 0.339 e. The Kier molecular flexibility index (Phi) is 5.73. The largest absolute Gasteiger partial charge is 0.465 e. The summed E-state index contributed by atoms with van der Waals surface area (Å²) in [4.78, 5) is 26.0. The maximum absolute atomic E-state index is 12.2. The fourth-order valence-electron chi connectivity index (χ4n) is 2.87. The number of Topliss-reactive ketones (excluding diaryl/α,β-unsaturated/α-hetero) is 1. The molecule has 134 valence electrons. The topological polar surface area (TPSA) is 58.6 Å². The molecule has 3 rings (SSSR count). The van der Waals surface area contributed by atoms with Crippen LogP contribution in [0, 0.1) is 0 Å². The second-order valence-electron chi connectivity index (χ2n) is 6.04. The maximum Gasteiger partial charge on any atom is 0.339 e. The van der Waals surface area contributed by atoms with Gasteiger partial charge < -0.3 is 15.0 Å². The van der Waals surface area contributed by atoms with Gasteiger partial charge in [0.1, 0.15) is 0 Å². The summed E-state index contributed by atoms with van der Waals surface area (Å²) in [6.07, 6.45) is 2.30. The number of benzene rings is 2. The molecule has 1 aliphatic rings. The zero-order valence-electron chi connectivity index (χ0n) is 14.4. The summed E-state index contributed by atoms with van der Waals surface area (Å²) in [6.45, 7) is 1.06. The fourth-order valence-corrected chi connectivity index (χ4v) is 3.40. The molecule has 0 spiro atoms. The molecule has 0 fully saturated rings. The van der Waals surface area contributed by atoms with Crippen LogP contribution in [0.25, 0.3) is 0 Å². The first-order chi connectivity index (χ1) is 12.6. The number of esters is 1. The molecule has 0 radical (unpaired) electrons. The highest BCUT2D eigenvalue weighted by Crippen LogP contribution is 2.29. The molecule has 1 heterocycles. The summed E-state index contributed by atoms with van der Waals surface area (Å²) in [7, 11) is 1.35. The molecule has 5 nitrogen and oxygen atoms in total.